The molecular weight excluding hydrogens is 322 g/mol. The van der Waals surface area contributed by atoms with Crippen LogP contribution in [-0.2, 0) is 20.1 Å². The van der Waals surface area contributed by atoms with Crippen molar-refractivity contribution in [3.63, 3.8) is 0 Å². The minimum absolute atomic E-state index is 0.160. The van der Waals surface area contributed by atoms with Gasteiger partial charge in [0.15, 0.2) is 0 Å². The Kier molecular flexibility index (Phi) is 4.33. The van der Waals surface area contributed by atoms with Crippen molar-refractivity contribution in [2.75, 3.05) is 13.1 Å². The van der Waals surface area contributed by atoms with Crippen molar-refractivity contribution >= 4 is 0 Å². The molecule has 1 atom stereocenters. The average molecular weight is 346 g/mol. The number of nitrogens with zero attached hydrogens (tertiary/aromatic N) is 3. The normalized spacial score (nSPS) is 21.8. The SMILES string of the molecule is Cn1ccnc1CN(Cc1c(F)cccc1F)C1CC12CCNCC2. The third-order valence-corrected chi connectivity index (χ3v) is 5.88. The van der Waals surface area contributed by atoms with Gasteiger partial charge in [-0.25, -0.2) is 13.8 Å². The standard InChI is InChI=1S/C19H24F2N4/c1-24-10-9-23-18(24)13-25(12-14-15(20)3-2-4-16(14)21)17-11-19(17)5-7-22-8-6-19/h2-4,9-10,17,22H,5-8,11-13H2,1H3. The molecule has 25 heavy (non-hydrogen) atoms. The Morgan fingerprint density at radius 1 is 1.24 bits per heavy atom. The van der Waals surface area contributed by atoms with Crippen LogP contribution < -0.4 is 5.32 Å². The van der Waals surface area contributed by atoms with Gasteiger partial charge in [0.25, 0.3) is 0 Å². The van der Waals surface area contributed by atoms with Crippen molar-refractivity contribution in [2.24, 2.45) is 12.5 Å². The van der Waals surface area contributed by atoms with E-state index in [4.69, 9.17) is 0 Å². The van der Waals surface area contributed by atoms with Gasteiger partial charge in [-0.3, -0.25) is 4.90 Å². The van der Waals surface area contributed by atoms with Gasteiger partial charge in [-0.05, 0) is 49.9 Å². The first kappa shape index (κ1) is 16.7. The number of halogens is 2. The molecule has 1 spiro atoms. The fourth-order valence-electron chi connectivity index (χ4n) is 4.20. The summed E-state index contributed by atoms with van der Waals surface area (Å²) < 4.78 is 30.4. The van der Waals surface area contributed by atoms with Gasteiger partial charge in [-0.2, -0.15) is 0 Å². The van der Waals surface area contributed by atoms with Crippen LogP contribution in [0.1, 0.15) is 30.7 Å². The highest BCUT2D eigenvalue weighted by Crippen LogP contribution is 2.56. The van der Waals surface area contributed by atoms with Gasteiger partial charge in [-0.15, -0.1) is 0 Å². The molecule has 1 aliphatic heterocycles. The zero-order chi connectivity index (χ0) is 17.4. The maximum atomic E-state index is 14.2. The molecule has 2 aromatic rings. The lowest BCUT2D eigenvalue weighted by atomic mass is 9.93. The smallest absolute Gasteiger partial charge is 0.130 e. The Hall–Kier alpha value is -1.79. The molecule has 1 unspecified atom stereocenters. The summed E-state index contributed by atoms with van der Waals surface area (Å²) in [4.78, 5) is 6.62. The van der Waals surface area contributed by atoms with E-state index in [-0.39, 0.29) is 12.1 Å². The van der Waals surface area contributed by atoms with E-state index in [0.29, 0.717) is 18.0 Å². The first-order valence-electron chi connectivity index (χ1n) is 8.93. The van der Waals surface area contributed by atoms with Gasteiger partial charge in [0.2, 0.25) is 0 Å². The Bertz CT molecular complexity index is 731. The number of imidazole rings is 1. The molecular formula is C19H24F2N4. The van der Waals surface area contributed by atoms with Crippen LogP contribution in [0.25, 0.3) is 0 Å². The van der Waals surface area contributed by atoms with E-state index in [1.54, 1.807) is 6.20 Å². The molecule has 0 amide bonds. The van der Waals surface area contributed by atoms with Crippen LogP contribution in [0, 0.1) is 17.0 Å². The van der Waals surface area contributed by atoms with E-state index < -0.39 is 11.6 Å². The molecule has 2 heterocycles. The Morgan fingerprint density at radius 2 is 1.96 bits per heavy atom. The van der Waals surface area contributed by atoms with Gasteiger partial charge in [0.05, 0.1) is 6.54 Å². The Balaban J connectivity index is 1.59. The summed E-state index contributed by atoms with van der Waals surface area (Å²) in [6.07, 6.45) is 7.05. The second-order valence-electron chi connectivity index (χ2n) is 7.39. The van der Waals surface area contributed by atoms with E-state index >= 15 is 0 Å². The van der Waals surface area contributed by atoms with Crippen molar-refractivity contribution in [1.82, 2.24) is 19.8 Å². The predicted molar refractivity (Wildman–Crippen MR) is 91.8 cm³/mol. The number of piperidine rings is 1. The quantitative estimate of drug-likeness (QED) is 0.904. The summed E-state index contributed by atoms with van der Waals surface area (Å²) in [7, 11) is 1.96. The molecule has 0 radical (unpaired) electrons. The number of aryl methyl sites for hydroxylation is 1. The van der Waals surface area contributed by atoms with Crippen LogP contribution in [0.5, 0.6) is 0 Å². The monoisotopic (exact) mass is 346 g/mol. The van der Waals surface area contributed by atoms with Crippen molar-refractivity contribution in [1.29, 1.82) is 0 Å². The van der Waals surface area contributed by atoms with Crippen LogP contribution in [0.3, 0.4) is 0 Å². The summed E-state index contributed by atoms with van der Waals surface area (Å²) in [5.74, 6) is -0.0116. The van der Waals surface area contributed by atoms with Gasteiger partial charge in [0, 0.05) is 37.6 Å². The number of hydrogen-bond donors (Lipinski definition) is 1. The number of rotatable bonds is 5. The van der Waals surface area contributed by atoms with Gasteiger partial charge >= 0.3 is 0 Å². The molecule has 4 rings (SSSR count). The van der Waals surface area contributed by atoms with Crippen molar-refractivity contribution in [3.05, 3.63) is 53.6 Å². The summed E-state index contributed by atoms with van der Waals surface area (Å²) in [6, 6.07) is 4.46. The van der Waals surface area contributed by atoms with Crippen LogP contribution >= 0.6 is 0 Å². The lowest BCUT2D eigenvalue weighted by Crippen LogP contribution is -2.36. The predicted octanol–water partition coefficient (Wildman–Crippen LogP) is 2.84. The second-order valence-corrected chi connectivity index (χ2v) is 7.39. The maximum absolute atomic E-state index is 14.2. The minimum atomic E-state index is -0.468. The fraction of sp³-hybridized carbons (Fsp3) is 0.526. The van der Waals surface area contributed by atoms with E-state index in [2.05, 4.69) is 15.2 Å². The zero-order valence-electron chi connectivity index (χ0n) is 14.5. The summed E-state index contributed by atoms with van der Waals surface area (Å²) in [5, 5.41) is 3.41. The van der Waals surface area contributed by atoms with Crippen LogP contribution in [0.2, 0.25) is 0 Å². The summed E-state index contributed by atoms with van der Waals surface area (Å²) >= 11 is 0. The van der Waals surface area contributed by atoms with E-state index in [0.717, 1.165) is 38.2 Å². The second kappa shape index (κ2) is 6.50. The highest BCUT2D eigenvalue weighted by Gasteiger charge is 2.56. The summed E-state index contributed by atoms with van der Waals surface area (Å²) in [6.45, 7) is 2.95. The van der Waals surface area contributed by atoms with Crippen molar-refractivity contribution in [2.45, 2.75) is 38.4 Å². The molecule has 1 aromatic carbocycles. The Labute approximate surface area is 146 Å². The molecule has 1 saturated carbocycles. The molecule has 134 valence electrons. The lowest BCUT2D eigenvalue weighted by molar-refractivity contribution is 0.178. The first-order chi connectivity index (χ1) is 12.1. The van der Waals surface area contributed by atoms with E-state index in [1.165, 1.54) is 18.2 Å². The number of nitrogens with one attached hydrogen (secondary N) is 1. The average Bonchev–Trinajstić information content (AvgIpc) is 3.12. The minimum Gasteiger partial charge on any atom is -0.337 e. The summed E-state index contributed by atoms with van der Waals surface area (Å²) in [5.41, 5.74) is 0.464. The Morgan fingerprint density at radius 3 is 2.60 bits per heavy atom. The lowest BCUT2D eigenvalue weighted by Gasteiger charge is -2.29. The molecule has 1 saturated heterocycles. The topological polar surface area (TPSA) is 33.1 Å². The number of hydrogen-bond acceptors (Lipinski definition) is 3. The zero-order valence-corrected chi connectivity index (χ0v) is 14.5. The molecule has 6 heteroatoms. The fourth-order valence-corrected chi connectivity index (χ4v) is 4.20. The van der Waals surface area contributed by atoms with Gasteiger partial charge in [-0.1, -0.05) is 6.07 Å². The molecule has 2 aliphatic rings. The molecule has 4 nitrogen and oxygen atoms in total. The van der Waals surface area contributed by atoms with Crippen LogP contribution in [0.15, 0.2) is 30.6 Å². The third-order valence-electron chi connectivity index (χ3n) is 5.88. The number of aromatic nitrogens is 2. The molecule has 1 N–H and O–H groups in total. The van der Waals surface area contributed by atoms with E-state index in [9.17, 15) is 8.78 Å². The van der Waals surface area contributed by atoms with Crippen LogP contribution in [-0.4, -0.2) is 33.6 Å². The van der Waals surface area contributed by atoms with Crippen molar-refractivity contribution < 1.29 is 8.78 Å². The highest BCUT2D eigenvalue weighted by atomic mass is 19.1. The van der Waals surface area contributed by atoms with E-state index in [1.807, 2.05) is 17.8 Å². The third kappa shape index (κ3) is 3.20. The van der Waals surface area contributed by atoms with Crippen molar-refractivity contribution in [3.8, 4) is 0 Å². The highest BCUT2D eigenvalue weighted by molar-refractivity contribution is 5.21. The molecule has 1 aliphatic carbocycles. The van der Waals surface area contributed by atoms with Gasteiger partial charge in [0.1, 0.15) is 17.5 Å². The maximum Gasteiger partial charge on any atom is 0.130 e. The molecule has 1 aromatic heterocycles. The van der Waals surface area contributed by atoms with Crippen LogP contribution in [0.4, 0.5) is 8.78 Å². The largest absolute Gasteiger partial charge is 0.337 e. The van der Waals surface area contributed by atoms with Gasteiger partial charge < -0.3 is 9.88 Å². The number of benzene rings is 1. The molecule has 0 bridgehead atoms. The first-order valence-corrected chi connectivity index (χ1v) is 8.93. The molecule has 2 fully saturated rings.